The van der Waals surface area contributed by atoms with Crippen molar-refractivity contribution >= 4 is 21.9 Å². The third-order valence-corrected chi connectivity index (χ3v) is 3.11. The minimum Gasteiger partial charge on any atom is -0.496 e. The molecule has 1 N–H and O–H groups in total. The molecule has 2 aromatic rings. The van der Waals surface area contributed by atoms with E-state index in [9.17, 15) is 18.0 Å². The molecule has 0 aliphatic heterocycles. The first-order chi connectivity index (χ1) is 9.74. The van der Waals surface area contributed by atoms with Crippen molar-refractivity contribution in [3.8, 4) is 17.2 Å². The zero-order valence-corrected chi connectivity index (χ0v) is 11.9. The molecule has 0 fully saturated rings. The maximum atomic E-state index is 12.7. The van der Waals surface area contributed by atoms with E-state index in [-0.39, 0.29) is 5.56 Å². The van der Waals surface area contributed by atoms with Crippen LogP contribution in [-0.4, -0.2) is 23.2 Å². The molecule has 0 atom stereocenters. The molecule has 0 spiro atoms. The molecule has 0 aliphatic carbocycles. The van der Waals surface area contributed by atoms with Gasteiger partial charge < -0.3 is 14.3 Å². The Balaban J connectivity index is 2.55. The minimum atomic E-state index is -4.92. The van der Waals surface area contributed by atoms with Crippen molar-refractivity contribution in [3.63, 3.8) is 0 Å². The predicted octanol–water partition coefficient (Wildman–Crippen LogP) is 3.83. The van der Waals surface area contributed by atoms with Crippen LogP contribution < -0.4 is 4.74 Å². The van der Waals surface area contributed by atoms with Crippen LogP contribution in [0.3, 0.4) is 0 Å². The molecule has 21 heavy (non-hydrogen) atoms. The summed E-state index contributed by atoms with van der Waals surface area (Å²) in [6.07, 6.45) is -4.92. The smallest absolute Gasteiger partial charge is 0.437 e. The molecular weight excluding hydrogens is 359 g/mol. The number of carboxylic acids is 1. The van der Waals surface area contributed by atoms with E-state index < -0.39 is 29.5 Å². The fourth-order valence-corrected chi connectivity index (χ4v) is 2.12. The highest BCUT2D eigenvalue weighted by Crippen LogP contribution is 2.36. The van der Waals surface area contributed by atoms with E-state index in [0.717, 1.165) is 0 Å². The van der Waals surface area contributed by atoms with Crippen molar-refractivity contribution in [2.24, 2.45) is 0 Å². The van der Waals surface area contributed by atoms with Gasteiger partial charge in [0.05, 0.1) is 11.6 Å². The zero-order chi connectivity index (χ0) is 15.8. The topological polar surface area (TPSA) is 72.6 Å². The van der Waals surface area contributed by atoms with E-state index in [4.69, 9.17) is 14.3 Å². The standard InChI is InChI=1S/C12H7BrF3NO4/c1-20-7-3-2-5(4-6(7)13)10-17-9(12(14,15)16)8(21-10)11(18)19/h2-4H,1H3,(H,18,19). The average molecular weight is 366 g/mol. The molecule has 1 aromatic heterocycles. The Kier molecular flexibility index (Phi) is 3.95. The monoisotopic (exact) mass is 365 g/mol. The lowest BCUT2D eigenvalue weighted by Gasteiger charge is -2.03. The van der Waals surface area contributed by atoms with Crippen molar-refractivity contribution in [1.82, 2.24) is 4.98 Å². The summed E-state index contributed by atoms with van der Waals surface area (Å²) >= 11 is 3.17. The van der Waals surface area contributed by atoms with Crippen molar-refractivity contribution < 1.29 is 32.2 Å². The number of carbonyl (C=O) groups is 1. The van der Waals surface area contributed by atoms with Crippen molar-refractivity contribution in [2.45, 2.75) is 6.18 Å². The van der Waals surface area contributed by atoms with Gasteiger partial charge in [0, 0.05) is 5.56 Å². The first-order valence-corrected chi connectivity index (χ1v) is 6.18. The Bertz CT molecular complexity index is 696. The van der Waals surface area contributed by atoms with Crippen LogP contribution in [0.25, 0.3) is 11.5 Å². The highest BCUT2D eigenvalue weighted by molar-refractivity contribution is 9.10. The first-order valence-electron chi connectivity index (χ1n) is 5.39. The van der Waals surface area contributed by atoms with Crippen LogP contribution in [0.15, 0.2) is 27.1 Å². The molecular formula is C12H7BrF3NO4. The number of aromatic nitrogens is 1. The Morgan fingerprint density at radius 2 is 2.10 bits per heavy atom. The summed E-state index contributed by atoms with van der Waals surface area (Å²) in [6, 6.07) is 4.30. The number of methoxy groups -OCH3 is 1. The molecule has 1 aromatic carbocycles. The second-order valence-corrected chi connectivity index (χ2v) is 4.70. The molecule has 0 unspecified atom stereocenters. The van der Waals surface area contributed by atoms with E-state index in [2.05, 4.69) is 20.9 Å². The molecule has 0 saturated heterocycles. The second kappa shape index (κ2) is 5.40. The van der Waals surface area contributed by atoms with Crippen LogP contribution >= 0.6 is 15.9 Å². The average Bonchev–Trinajstić information content (AvgIpc) is 2.83. The lowest BCUT2D eigenvalue weighted by Crippen LogP contribution is -2.11. The summed E-state index contributed by atoms with van der Waals surface area (Å²) in [5.41, 5.74) is -1.39. The molecule has 5 nitrogen and oxygen atoms in total. The first kappa shape index (κ1) is 15.4. The van der Waals surface area contributed by atoms with Gasteiger partial charge >= 0.3 is 12.1 Å². The van der Waals surface area contributed by atoms with E-state index in [1.807, 2.05) is 0 Å². The largest absolute Gasteiger partial charge is 0.496 e. The number of carboxylic acid groups (broad SMARTS) is 1. The normalized spacial score (nSPS) is 11.5. The molecule has 0 aliphatic rings. The van der Waals surface area contributed by atoms with Gasteiger partial charge in [0.1, 0.15) is 5.75 Å². The van der Waals surface area contributed by atoms with Gasteiger partial charge in [-0.15, -0.1) is 0 Å². The summed E-state index contributed by atoms with van der Waals surface area (Å²) in [5, 5.41) is 8.76. The van der Waals surface area contributed by atoms with Crippen LogP contribution in [0.2, 0.25) is 0 Å². The summed E-state index contributed by atoms with van der Waals surface area (Å²) < 4.78 is 48.3. The van der Waals surface area contributed by atoms with E-state index >= 15 is 0 Å². The molecule has 0 amide bonds. The Morgan fingerprint density at radius 1 is 1.43 bits per heavy atom. The summed E-state index contributed by atoms with van der Waals surface area (Å²) in [5.74, 6) is -3.07. The number of ether oxygens (including phenoxy) is 1. The van der Waals surface area contributed by atoms with Crippen LogP contribution in [0.1, 0.15) is 16.2 Å². The van der Waals surface area contributed by atoms with Crippen molar-refractivity contribution in [1.29, 1.82) is 0 Å². The third-order valence-electron chi connectivity index (χ3n) is 2.49. The molecule has 0 saturated carbocycles. The lowest BCUT2D eigenvalue weighted by atomic mass is 10.2. The zero-order valence-electron chi connectivity index (χ0n) is 10.4. The molecule has 112 valence electrons. The number of nitrogens with zero attached hydrogens (tertiary/aromatic N) is 1. The molecule has 1 heterocycles. The number of hydrogen-bond donors (Lipinski definition) is 1. The van der Waals surface area contributed by atoms with E-state index in [0.29, 0.717) is 10.2 Å². The molecule has 9 heteroatoms. The predicted molar refractivity (Wildman–Crippen MR) is 68.2 cm³/mol. The summed E-state index contributed by atoms with van der Waals surface area (Å²) in [4.78, 5) is 14.1. The highest BCUT2D eigenvalue weighted by Gasteiger charge is 2.41. The van der Waals surface area contributed by atoms with Crippen LogP contribution in [0.4, 0.5) is 13.2 Å². The summed E-state index contributed by atoms with van der Waals surface area (Å²) in [7, 11) is 1.43. The fraction of sp³-hybridized carbons (Fsp3) is 0.167. The van der Waals surface area contributed by atoms with Crippen LogP contribution in [0.5, 0.6) is 5.75 Å². The van der Waals surface area contributed by atoms with Crippen LogP contribution in [-0.2, 0) is 6.18 Å². The lowest BCUT2D eigenvalue weighted by molar-refractivity contribution is -0.141. The fourth-order valence-electron chi connectivity index (χ4n) is 1.58. The van der Waals surface area contributed by atoms with E-state index in [1.54, 1.807) is 0 Å². The van der Waals surface area contributed by atoms with Gasteiger partial charge in [0.15, 0.2) is 5.69 Å². The highest BCUT2D eigenvalue weighted by atomic mass is 79.9. The van der Waals surface area contributed by atoms with Crippen LogP contribution in [0, 0.1) is 0 Å². The van der Waals surface area contributed by atoms with Gasteiger partial charge in [0.2, 0.25) is 11.7 Å². The number of benzene rings is 1. The number of hydrogen-bond acceptors (Lipinski definition) is 4. The number of halogens is 4. The Morgan fingerprint density at radius 3 is 2.52 bits per heavy atom. The van der Waals surface area contributed by atoms with Crippen molar-refractivity contribution in [2.75, 3.05) is 7.11 Å². The number of aromatic carboxylic acids is 1. The molecule has 0 bridgehead atoms. The Labute approximate surface area is 124 Å². The maximum absolute atomic E-state index is 12.7. The van der Waals surface area contributed by atoms with Gasteiger partial charge in [-0.3, -0.25) is 0 Å². The van der Waals surface area contributed by atoms with Gasteiger partial charge in [0.25, 0.3) is 0 Å². The third kappa shape index (κ3) is 3.02. The maximum Gasteiger partial charge on any atom is 0.437 e. The van der Waals surface area contributed by atoms with Gasteiger partial charge in [-0.25, -0.2) is 9.78 Å². The SMILES string of the molecule is COc1ccc(-c2nc(C(F)(F)F)c(C(=O)O)o2)cc1Br. The minimum absolute atomic E-state index is 0.181. The number of rotatable bonds is 3. The molecule has 2 rings (SSSR count). The summed E-state index contributed by atoms with van der Waals surface area (Å²) in [6.45, 7) is 0. The van der Waals surface area contributed by atoms with Gasteiger partial charge in [-0.1, -0.05) is 0 Å². The quantitative estimate of drug-likeness (QED) is 0.894. The second-order valence-electron chi connectivity index (χ2n) is 3.85. The number of oxazole rings is 1. The van der Waals surface area contributed by atoms with Crippen molar-refractivity contribution in [3.05, 3.63) is 34.1 Å². The van der Waals surface area contributed by atoms with E-state index in [1.165, 1.54) is 25.3 Å². The molecule has 0 radical (unpaired) electrons. The number of alkyl halides is 3. The van der Waals surface area contributed by atoms with Gasteiger partial charge in [-0.05, 0) is 34.1 Å². The Hall–Kier alpha value is -2.03. The van der Waals surface area contributed by atoms with Gasteiger partial charge in [-0.2, -0.15) is 13.2 Å².